The van der Waals surface area contributed by atoms with Gasteiger partial charge in [-0.1, -0.05) is 0 Å². The van der Waals surface area contributed by atoms with E-state index in [-0.39, 0.29) is 17.8 Å². The Labute approximate surface area is 114 Å². The van der Waals surface area contributed by atoms with Gasteiger partial charge in [-0.3, -0.25) is 4.79 Å². The van der Waals surface area contributed by atoms with Gasteiger partial charge in [0.2, 0.25) is 0 Å². The highest BCUT2D eigenvalue weighted by Crippen LogP contribution is 2.18. The number of nitrogens with zero attached hydrogens (tertiary/aromatic N) is 2. The Kier molecular flexibility index (Phi) is 4.20. The SMILES string of the molecule is Cc1cc(C(=O)N(C)C2CCN(C)CC2)ccc1F. The van der Waals surface area contributed by atoms with E-state index in [2.05, 4.69) is 11.9 Å². The molecule has 0 atom stereocenters. The van der Waals surface area contributed by atoms with E-state index in [9.17, 15) is 9.18 Å². The summed E-state index contributed by atoms with van der Waals surface area (Å²) < 4.78 is 13.2. The molecule has 0 aromatic heterocycles. The molecule has 1 aliphatic heterocycles. The third-order valence-electron chi connectivity index (χ3n) is 3.96. The second-order valence-corrected chi connectivity index (χ2v) is 5.41. The lowest BCUT2D eigenvalue weighted by molar-refractivity contribution is 0.0659. The van der Waals surface area contributed by atoms with Gasteiger partial charge in [0, 0.05) is 18.7 Å². The van der Waals surface area contributed by atoms with Crippen molar-refractivity contribution >= 4 is 5.91 Å². The number of carbonyl (C=O) groups excluding carboxylic acids is 1. The maximum absolute atomic E-state index is 13.2. The van der Waals surface area contributed by atoms with Gasteiger partial charge < -0.3 is 9.80 Å². The van der Waals surface area contributed by atoms with Crippen LogP contribution in [0.3, 0.4) is 0 Å². The summed E-state index contributed by atoms with van der Waals surface area (Å²) in [5, 5.41) is 0. The predicted octanol–water partition coefficient (Wildman–Crippen LogP) is 2.30. The van der Waals surface area contributed by atoms with Crippen LogP contribution < -0.4 is 0 Å². The number of benzene rings is 1. The zero-order valence-corrected chi connectivity index (χ0v) is 11.8. The summed E-state index contributed by atoms with van der Waals surface area (Å²) in [6.07, 6.45) is 2.00. The van der Waals surface area contributed by atoms with E-state index in [4.69, 9.17) is 0 Å². The second-order valence-electron chi connectivity index (χ2n) is 5.41. The summed E-state index contributed by atoms with van der Waals surface area (Å²) in [5.74, 6) is -0.281. The molecule has 2 rings (SSSR count). The topological polar surface area (TPSA) is 23.6 Å². The molecule has 4 heteroatoms. The predicted molar refractivity (Wildman–Crippen MR) is 73.7 cm³/mol. The number of carbonyl (C=O) groups is 1. The van der Waals surface area contributed by atoms with Crippen LogP contribution in [-0.4, -0.2) is 48.9 Å². The van der Waals surface area contributed by atoms with Gasteiger partial charge in [-0.05, 0) is 63.7 Å². The Balaban J connectivity index is 2.08. The average Bonchev–Trinajstić information content (AvgIpc) is 2.41. The van der Waals surface area contributed by atoms with Crippen LogP contribution in [0.25, 0.3) is 0 Å². The van der Waals surface area contributed by atoms with E-state index >= 15 is 0 Å². The molecule has 104 valence electrons. The summed E-state index contributed by atoms with van der Waals surface area (Å²) in [6, 6.07) is 4.85. The molecule has 0 radical (unpaired) electrons. The molecule has 0 N–H and O–H groups in total. The summed E-state index contributed by atoms with van der Waals surface area (Å²) in [4.78, 5) is 16.5. The number of piperidine rings is 1. The summed E-state index contributed by atoms with van der Waals surface area (Å²) in [6.45, 7) is 3.72. The number of amides is 1. The number of likely N-dealkylation sites (tertiary alicyclic amines) is 1. The molecular formula is C15H21FN2O. The van der Waals surface area contributed by atoms with Crippen LogP contribution >= 0.6 is 0 Å². The maximum atomic E-state index is 13.2. The molecule has 1 saturated heterocycles. The highest BCUT2D eigenvalue weighted by Gasteiger charge is 2.24. The minimum atomic E-state index is -0.265. The molecule has 1 heterocycles. The number of hydrogen-bond donors (Lipinski definition) is 0. The molecular weight excluding hydrogens is 243 g/mol. The van der Waals surface area contributed by atoms with E-state index < -0.39 is 0 Å². The average molecular weight is 264 g/mol. The highest BCUT2D eigenvalue weighted by molar-refractivity contribution is 5.94. The molecule has 1 aromatic rings. The second kappa shape index (κ2) is 5.70. The number of halogens is 1. The fraction of sp³-hybridized carbons (Fsp3) is 0.533. The van der Waals surface area contributed by atoms with Crippen LogP contribution in [0.4, 0.5) is 4.39 Å². The van der Waals surface area contributed by atoms with Crippen molar-refractivity contribution in [3.8, 4) is 0 Å². The zero-order valence-electron chi connectivity index (χ0n) is 11.8. The van der Waals surface area contributed by atoms with Gasteiger partial charge >= 0.3 is 0 Å². The summed E-state index contributed by atoms with van der Waals surface area (Å²) in [5.41, 5.74) is 1.09. The lowest BCUT2D eigenvalue weighted by Gasteiger charge is -2.35. The fourth-order valence-electron chi connectivity index (χ4n) is 2.53. The molecule has 1 aromatic carbocycles. The normalized spacial score (nSPS) is 17.5. The lowest BCUT2D eigenvalue weighted by Crippen LogP contribution is -2.44. The Bertz CT molecular complexity index is 467. The largest absolute Gasteiger partial charge is 0.339 e. The quantitative estimate of drug-likeness (QED) is 0.818. The molecule has 3 nitrogen and oxygen atoms in total. The Morgan fingerprint density at radius 1 is 1.37 bits per heavy atom. The standard InChI is InChI=1S/C15H21FN2O/c1-11-10-12(4-5-14(11)16)15(19)18(3)13-6-8-17(2)9-7-13/h4-5,10,13H,6-9H2,1-3H3. The first-order chi connectivity index (χ1) is 8.99. The molecule has 0 saturated carbocycles. The monoisotopic (exact) mass is 264 g/mol. The third-order valence-corrected chi connectivity index (χ3v) is 3.96. The number of hydrogen-bond acceptors (Lipinski definition) is 2. The van der Waals surface area contributed by atoms with Crippen molar-refractivity contribution in [3.63, 3.8) is 0 Å². The first-order valence-electron chi connectivity index (χ1n) is 6.71. The molecule has 19 heavy (non-hydrogen) atoms. The Morgan fingerprint density at radius 2 is 2.00 bits per heavy atom. The molecule has 1 fully saturated rings. The molecule has 1 aliphatic rings. The maximum Gasteiger partial charge on any atom is 0.253 e. The van der Waals surface area contributed by atoms with Crippen LogP contribution in [0.2, 0.25) is 0 Å². The third kappa shape index (κ3) is 3.13. The van der Waals surface area contributed by atoms with Crippen LogP contribution in [0, 0.1) is 12.7 Å². The molecule has 0 aliphatic carbocycles. The van der Waals surface area contributed by atoms with Crippen molar-refractivity contribution < 1.29 is 9.18 Å². The van der Waals surface area contributed by atoms with E-state index in [0.29, 0.717) is 11.1 Å². The van der Waals surface area contributed by atoms with Gasteiger partial charge in [-0.15, -0.1) is 0 Å². The first-order valence-corrected chi connectivity index (χ1v) is 6.71. The van der Waals surface area contributed by atoms with E-state index in [0.717, 1.165) is 25.9 Å². The smallest absolute Gasteiger partial charge is 0.253 e. The fourth-order valence-corrected chi connectivity index (χ4v) is 2.53. The lowest BCUT2D eigenvalue weighted by atomic mass is 10.0. The van der Waals surface area contributed by atoms with Crippen LogP contribution in [0.15, 0.2) is 18.2 Å². The summed E-state index contributed by atoms with van der Waals surface area (Å²) >= 11 is 0. The minimum Gasteiger partial charge on any atom is -0.339 e. The van der Waals surface area contributed by atoms with Gasteiger partial charge in [0.25, 0.3) is 5.91 Å². The van der Waals surface area contributed by atoms with E-state index in [1.807, 2.05) is 7.05 Å². The zero-order chi connectivity index (χ0) is 14.0. The van der Waals surface area contributed by atoms with Crippen molar-refractivity contribution in [1.29, 1.82) is 0 Å². The summed E-state index contributed by atoms with van der Waals surface area (Å²) in [7, 11) is 3.94. The molecule has 0 spiro atoms. The van der Waals surface area contributed by atoms with Gasteiger partial charge in [0.15, 0.2) is 0 Å². The molecule has 0 bridgehead atoms. The van der Waals surface area contributed by atoms with Crippen molar-refractivity contribution in [2.24, 2.45) is 0 Å². The van der Waals surface area contributed by atoms with Crippen molar-refractivity contribution in [1.82, 2.24) is 9.80 Å². The van der Waals surface area contributed by atoms with E-state index in [1.54, 1.807) is 24.0 Å². The van der Waals surface area contributed by atoms with Gasteiger partial charge in [0.05, 0.1) is 0 Å². The van der Waals surface area contributed by atoms with Crippen molar-refractivity contribution in [2.45, 2.75) is 25.8 Å². The van der Waals surface area contributed by atoms with Crippen molar-refractivity contribution in [2.75, 3.05) is 27.2 Å². The van der Waals surface area contributed by atoms with Crippen LogP contribution in [0.1, 0.15) is 28.8 Å². The van der Waals surface area contributed by atoms with Gasteiger partial charge in [0.1, 0.15) is 5.82 Å². The molecule has 1 amide bonds. The van der Waals surface area contributed by atoms with Gasteiger partial charge in [-0.2, -0.15) is 0 Å². The Hall–Kier alpha value is -1.42. The van der Waals surface area contributed by atoms with Crippen molar-refractivity contribution in [3.05, 3.63) is 35.1 Å². The van der Waals surface area contributed by atoms with E-state index in [1.165, 1.54) is 6.07 Å². The number of aryl methyl sites for hydroxylation is 1. The highest BCUT2D eigenvalue weighted by atomic mass is 19.1. The van der Waals surface area contributed by atoms with Crippen LogP contribution in [0.5, 0.6) is 0 Å². The molecule has 0 unspecified atom stereocenters. The number of rotatable bonds is 2. The minimum absolute atomic E-state index is 0.0161. The van der Waals surface area contributed by atoms with Gasteiger partial charge in [-0.25, -0.2) is 4.39 Å². The van der Waals surface area contributed by atoms with Crippen LogP contribution in [-0.2, 0) is 0 Å². The first kappa shape index (κ1) is 14.0. The Morgan fingerprint density at radius 3 is 2.58 bits per heavy atom.